The molecule has 2 nitrogen and oxygen atoms in total. The van der Waals surface area contributed by atoms with Crippen LogP contribution in [0.15, 0.2) is 12.1 Å². The molecule has 0 radical (unpaired) electrons. The van der Waals surface area contributed by atoms with E-state index in [1.165, 1.54) is 19.3 Å². The third-order valence-corrected chi connectivity index (χ3v) is 5.59. The van der Waals surface area contributed by atoms with E-state index in [1.807, 2.05) is 0 Å². The average Bonchev–Trinajstić information content (AvgIpc) is 2.79. The highest BCUT2D eigenvalue weighted by molar-refractivity contribution is 9.08. The van der Waals surface area contributed by atoms with E-state index in [0.717, 1.165) is 38.5 Å². The molecule has 0 atom stereocenters. The number of unbranched alkanes of at least 4 members (excludes halogenated alkanes) is 8. The summed E-state index contributed by atoms with van der Waals surface area (Å²) in [6.45, 7) is 2.04. The van der Waals surface area contributed by atoms with Crippen molar-refractivity contribution in [2.75, 3.05) is 13.2 Å². The molecule has 0 aliphatic rings. The summed E-state index contributed by atoms with van der Waals surface area (Å²) in [5.41, 5.74) is 0.702. The van der Waals surface area contributed by atoms with E-state index in [0.29, 0.717) is 29.9 Å². The summed E-state index contributed by atoms with van der Waals surface area (Å²) in [6.07, 6.45) is 7.85. The lowest BCUT2D eigenvalue weighted by molar-refractivity contribution is 0.293. The van der Waals surface area contributed by atoms with Gasteiger partial charge in [0.05, 0.1) is 18.6 Å². The van der Waals surface area contributed by atoms with Crippen LogP contribution in [0.5, 0.6) is 11.5 Å². The number of hydrogen-bond acceptors (Lipinski definition) is 2. The molecule has 0 spiro atoms. The van der Waals surface area contributed by atoms with Gasteiger partial charge in [0.1, 0.15) is 11.5 Å². The minimum absolute atomic E-state index is 0.0233. The first-order chi connectivity index (χ1) is 16.1. The number of rotatable bonds is 18. The molecular formula is C24H40Br2O2. The second-order valence-corrected chi connectivity index (χ2v) is 8.06. The Hall–Kier alpha value is -0.220. The van der Waals surface area contributed by atoms with E-state index in [2.05, 4.69) is 45.7 Å². The third-order valence-electron chi connectivity index (χ3n) is 4.47. The molecule has 28 heavy (non-hydrogen) atoms. The van der Waals surface area contributed by atoms with Crippen molar-refractivity contribution in [1.29, 1.82) is 0 Å². The summed E-state index contributed by atoms with van der Waals surface area (Å²) in [7, 11) is 0. The second-order valence-electron chi connectivity index (χ2n) is 6.94. The molecule has 1 aromatic carbocycles. The second kappa shape index (κ2) is 17.6. The Bertz CT molecular complexity index is 747. The molecule has 0 saturated heterocycles. The molecular weight excluding hydrogens is 480 g/mol. The highest BCUT2D eigenvalue weighted by Gasteiger charge is 2.11. The zero-order valence-electron chi connectivity index (χ0n) is 23.5. The van der Waals surface area contributed by atoms with Crippen LogP contribution < -0.4 is 9.47 Å². The van der Waals surface area contributed by atoms with Crippen LogP contribution in [-0.2, 0) is 10.7 Å². The molecule has 0 saturated carbocycles. The smallest absolute Gasteiger partial charge is 0.123 e. The number of hydrogen-bond donors (Lipinski definition) is 0. The number of alkyl halides is 2. The largest absolute Gasteiger partial charge is 0.493 e. The average molecular weight is 526 g/mol. The SMILES string of the molecule is [2H]c1c(CBr)c(OC([2H])([2H])C([2H])([2H])CCCCCC)c([2H])c(CBr)c1OCCCCCCCC. The highest BCUT2D eigenvalue weighted by Crippen LogP contribution is 2.32. The Morgan fingerprint density at radius 2 is 1.25 bits per heavy atom. The summed E-state index contributed by atoms with van der Waals surface area (Å²) >= 11 is 6.72. The lowest BCUT2D eigenvalue weighted by Gasteiger charge is -2.16. The van der Waals surface area contributed by atoms with Crippen molar-refractivity contribution in [1.82, 2.24) is 0 Å². The molecule has 1 rings (SSSR count). The van der Waals surface area contributed by atoms with Gasteiger partial charge < -0.3 is 9.47 Å². The number of halogens is 2. The summed E-state index contributed by atoms with van der Waals surface area (Å²) in [5, 5.41) is 0.411. The maximum absolute atomic E-state index is 8.67. The van der Waals surface area contributed by atoms with Gasteiger partial charge in [0.25, 0.3) is 0 Å². The van der Waals surface area contributed by atoms with Gasteiger partial charge in [-0.05, 0) is 24.9 Å². The Labute approximate surface area is 198 Å². The quantitative estimate of drug-likeness (QED) is 0.140. The van der Waals surface area contributed by atoms with Gasteiger partial charge in [-0.2, -0.15) is 0 Å². The molecule has 0 aliphatic carbocycles. The molecule has 0 fully saturated rings. The van der Waals surface area contributed by atoms with E-state index < -0.39 is 12.9 Å². The normalized spacial score (nSPS) is 15.1. The number of ether oxygens (including phenoxy) is 2. The van der Waals surface area contributed by atoms with Crippen molar-refractivity contribution in [2.24, 2.45) is 0 Å². The van der Waals surface area contributed by atoms with Crippen molar-refractivity contribution in [2.45, 2.75) is 102 Å². The Morgan fingerprint density at radius 3 is 1.82 bits per heavy atom. The van der Waals surface area contributed by atoms with Gasteiger partial charge in [-0.1, -0.05) is 110 Å². The maximum Gasteiger partial charge on any atom is 0.123 e. The van der Waals surface area contributed by atoms with Crippen LogP contribution in [0.25, 0.3) is 0 Å². The van der Waals surface area contributed by atoms with Crippen molar-refractivity contribution in [3.8, 4) is 11.5 Å². The topological polar surface area (TPSA) is 18.5 Å². The predicted molar refractivity (Wildman–Crippen MR) is 129 cm³/mol. The van der Waals surface area contributed by atoms with Crippen LogP contribution in [0.3, 0.4) is 0 Å². The summed E-state index contributed by atoms with van der Waals surface area (Å²) in [5.74, 6) is 0.200. The van der Waals surface area contributed by atoms with E-state index in [1.54, 1.807) is 0 Å². The van der Waals surface area contributed by atoms with Crippen LogP contribution in [0, 0.1) is 0 Å². The van der Waals surface area contributed by atoms with Crippen LogP contribution in [0.4, 0.5) is 0 Å². The van der Waals surface area contributed by atoms with Crippen LogP contribution >= 0.6 is 31.9 Å². The standard InChI is InChI=1S/C24H40Br2O2/c1-3-5-7-9-11-13-15-27-23-17-22(20-26)24(18-21(23)19-25)28-16-14-12-10-8-6-4-2/h17-18H,3-16,19-20H2,1-2H3/i13D2,15D2,17D,18D. The van der Waals surface area contributed by atoms with Gasteiger partial charge in [-0.3, -0.25) is 0 Å². The Balaban J connectivity index is 3.09. The van der Waals surface area contributed by atoms with Crippen molar-refractivity contribution >= 4 is 31.9 Å². The van der Waals surface area contributed by atoms with Gasteiger partial charge in [-0.15, -0.1) is 0 Å². The molecule has 0 aliphatic heterocycles. The molecule has 4 heteroatoms. The molecule has 0 N–H and O–H groups in total. The van der Waals surface area contributed by atoms with Crippen molar-refractivity contribution in [3.05, 3.63) is 23.2 Å². The number of benzene rings is 1. The minimum atomic E-state index is -2.65. The van der Waals surface area contributed by atoms with Gasteiger partial charge >= 0.3 is 0 Å². The fraction of sp³-hybridized carbons (Fsp3) is 0.750. The molecule has 0 aromatic heterocycles. The molecule has 0 heterocycles. The summed E-state index contributed by atoms with van der Waals surface area (Å²) < 4.78 is 62.1. The highest BCUT2D eigenvalue weighted by atomic mass is 79.9. The fourth-order valence-corrected chi connectivity index (χ4v) is 3.56. The maximum atomic E-state index is 8.67. The predicted octanol–water partition coefficient (Wildman–Crippen LogP) is 8.96. The molecule has 162 valence electrons. The zero-order valence-corrected chi connectivity index (χ0v) is 20.6. The molecule has 1 aromatic rings. The molecule has 0 unspecified atom stereocenters. The molecule has 0 amide bonds. The summed E-state index contributed by atoms with van der Waals surface area (Å²) in [4.78, 5) is 0. The fourth-order valence-electron chi connectivity index (χ4n) is 2.77. The zero-order chi connectivity index (χ0) is 25.8. The lowest BCUT2D eigenvalue weighted by atomic mass is 10.1. The Morgan fingerprint density at radius 1 is 0.750 bits per heavy atom. The van der Waals surface area contributed by atoms with Crippen LogP contribution in [0.1, 0.15) is 110 Å². The summed E-state index contributed by atoms with van der Waals surface area (Å²) in [6, 6.07) is -0.0338. The van der Waals surface area contributed by atoms with Crippen molar-refractivity contribution < 1.29 is 17.7 Å². The third kappa shape index (κ3) is 11.1. The van der Waals surface area contributed by atoms with Gasteiger partial charge in [0.2, 0.25) is 0 Å². The first-order valence-electron chi connectivity index (χ1n) is 13.7. The Kier molecular flexibility index (Phi) is 11.0. The van der Waals surface area contributed by atoms with E-state index in [4.69, 9.17) is 17.7 Å². The van der Waals surface area contributed by atoms with E-state index in [9.17, 15) is 0 Å². The van der Waals surface area contributed by atoms with Crippen molar-refractivity contribution in [3.63, 3.8) is 0 Å². The first-order valence-corrected chi connectivity index (χ1v) is 12.9. The lowest BCUT2D eigenvalue weighted by Crippen LogP contribution is -2.04. The van der Waals surface area contributed by atoms with E-state index in [-0.39, 0.29) is 34.9 Å². The van der Waals surface area contributed by atoms with Gasteiger partial charge in [0.15, 0.2) is 0 Å². The van der Waals surface area contributed by atoms with E-state index >= 15 is 0 Å². The molecule has 0 bridgehead atoms. The monoisotopic (exact) mass is 524 g/mol. The van der Waals surface area contributed by atoms with Crippen LogP contribution in [0.2, 0.25) is 0 Å². The van der Waals surface area contributed by atoms with Gasteiger partial charge in [0, 0.05) is 24.5 Å². The minimum Gasteiger partial charge on any atom is -0.493 e. The van der Waals surface area contributed by atoms with Crippen LogP contribution in [-0.4, -0.2) is 13.2 Å². The van der Waals surface area contributed by atoms with Gasteiger partial charge in [-0.25, -0.2) is 0 Å². The first kappa shape index (κ1) is 17.5.